The number of alkyl halides is 6. The molecule has 1 aromatic heterocycles. The van der Waals surface area contributed by atoms with Crippen molar-refractivity contribution >= 4 is 22.5 Å². The summed E-state index contributed by atoms with van der Waals surface area (Å²) >= 11 is 0. The third-order valence-corrected chi connectivity index (χ3v) is 19.8. The first-order chi connectivity index (χ1) is 25.0. The molecule has 2 heterocycles. The van der Waals surface area contributed by atoms with Crippen molar-refractivity contribution in [2.24, 2.45) is 0 Å². The molecule has 3 aromatic rings. The lowest BCUT2D eigenvalue weighted by Crippen LogP contribution is -2.48. The highest BCUT2D eigenvalue weighted by molar-refractivity contribution is 6.74. The largest absolute Gasteiger partial charge is 0.416 e. The van der Waals surface area contributed by atoms with E-state index in [4.69, 9.17) is 13.6 Å². The SMILES string of the molecule is Cc1c(C#Cc2cc(C(F)(F)F)cc(C(F)(F)F)c2)n([C@H]2C[C@H](O[Si](C)(C)C(C)(C)C)[C@@H](CO[Si](C)(C)C(C)(C)C)O2)c(=O)n(C(=O)c2ccccc2)c1=O. The molecule has 1 saturated heterocycles. The Morgan fingerprint density at radius 2 is 1.36 bits per heavy atom. The van der Waals surface area contributed by atoms with Crippen LogP contribution in [0.3, 0.4) is 0 Å². The van der Waals surface area contributed by atoms with Gasteiger partial charge in [0.15, 0.2) is 16.6 Å². The summed E-state index contributed by atoms with van der Waals surface area (Å²) in [5.74, 6) is 3.89. The summed E-state index contributed by atoms with van der Waals surface area (Å²) in [7, 11) is -4.86. The van der Waals surface area contributed by atoms with Crippen molar-refractivity contribution in [1.82, 2.24) is 9.13 Å². The van der Waals surface area contributed by atoms with E-state index in [2.05, 4.69) is 66.5 Å². The van der Waals surface area contributed by atoms with Gasteiger partial charge in [0.1, 0.15) is 18.0 Å². The fourth-order valence-corrected chi connectivity index (χ4v) is 7.78. The van der Waals surface area contributed by atoms with Crippen molar-refractivity contribution in [2.45, 2.75) is 122 Å². The fourth-order valence-electron chi connectivity index (χ4n) is 5.40. The maximum absolute atomic E-state index is 14.5. The number of halogens is 6. The van der Waals surface area contributed by atoms with Crippen LogP contribution in [0.25, 0.3) is 0 Å². The van der Waals surface area contributed by atoms with E-state index in [0.717, 1.165) is 4.57 Å². The van der Waals surface area contributed by atoms with E-state index in [1.165, 1.54) is 19.1 Å². The van der Waals surface area contributed by atoms with Gasteiger partial charge in [-0.05, 0) is 79.4 Å². The minimum atomic E-state index is -5.13. The molecule has 0 amide bonds. The van der Waals surface area contributed by atoms with Crippen molar-refractivity contribution < 1.29 is 44.7 Å². The smallest absolute Gasteiger partial charge is 0.414 e. The Morgan fingerprint density at radius 1 is 0.836 bits per heavy atom. The average Bonchev–Trinajstić information content (AvgIpc) is 3.44. The number of carbonyl (C=O) groups excluding carboxylic acids is 1. The van der Waals surface area contributed by atoms with Gasteiger partial charge in [0.2, 0.25) is 0 Å². The van der Waals surface area contributed by atoms with Crippen LogP contribution in [0.2, 0.25) is 36.3 Å². The lowest BCUT2D eigenvalue weighted by molar-refractivity contribution is -0.143. The first kappa shape index (κ1) is 44.0. The predicted molar refractivity (Wildman–Crippen MR) is 202 cm³/mol. The Bertz CT molecular complexity index is 2070. The second kappa shape index (κ2) is 15.3. The summed E-state index contributed by atoms with van der Waals surface area (Å²) < 4.78 is 103. The van der Waals surface area contributed by atoms with Gasteiger partial charge in [-0.15, -0.1) is 0 Å². The number of nitrogens with zero attached hydrogens (tertiary/aromatic N) is 2. The Balaban J connectivity index is 1.97. The van der Waals surface area contributed by atoms with Crippen LogP contribution < -0.4 is 11.2 Å². The molecule has 0 saturated carbocycles. The van der Waals surface area contributed by atoms with Crippen LogP contribution in [0.4, 0.5) is 26.3 Å². The van der Waals surface area contributed by atoms with Gasteiger partial charge in [-0.3, -0.25) is 14.2 Å². The first-order valence-corrected chi connectivity index (χ1v) is 23.5. The minimum absolute atomic E-state index is 0.0160. The number of benzene rings is 2. The second-order valence-corrected chi connectivity index (χ2v) is 26.4. The van der Waals surface area contributed by atoms with Crippen LogP contribution in [-0.4, -0.2) is 50.5 Å². The number of hydrogen-bond donors (Lipinski definition) is 0. The van der Waals surface area contributed by atoms with E-state index in [0.29, 0.717) is 16.7 Å². The summed E-state index contributed by atoms with van der Waals surface area (Å²) in [6, 6.07) is 8.43. The van der Waals surface area contributed by atoms with E-state index in [1.54, 1.807) is 18.2 Å². The van der Waals surface area contributed by atoms with Crippen molar-refractivity contribution in [2.75, 3.05) is 6.61 Å². The predicted octanol–water partition coefficient (Wildman–Crippen LogP) is 9.14. The summed E-state index contributed by atoms with van der Waals surface area (Å²) in [4.78, 5) is 42.0. The molecule has 4 rings (SSSR count). The van der Waals surface area contributed by atoms with Crippen molar-refractivity contribution in [3.8, 4) is 11.8 Å². The van der Waals surface area contributed by atoms with Gasteiger partial charge >= 0.3 is 18.0 Å². The van der Waals surface area contributed by atoms with Crippen molar-refractivity contribution in [3.63, 3.8) is 0 Å². The Morgan fingerprint density at radius 3 is 1.85 bits per heavy atom. The molecule has 300 valence electrons. The maximum atomic E-state index is 14.5. The van der Waals surface area contributed by atoms with Gasteiger partial charge in [-0.25, -0.2) is 4.79 Å². The molecule has 0 bridgehead atoms. The number of aromatic nitrogens is 2. The Labute approximate surface area is 319 Å². The van der Waals surface area contributed by atoms with Gasteiger partial charge < -0.3 is 13.6 Å². The second-order valence-electron chi connectivity index (χ2n) is 16.8. The van der Waals surface area contributed by atoms with Gasteiger partial charge in [-0.1, -0.05) is 65.7 Å². The molecule has 0 aliphatic carbocycles. The van der Waals surface area contributed by atoms with Gasteiger partial charge in [0.05, 0.1) is 23.8 Å². The topological polar surface area (TPSA) is 88.8 Å². The van der Waals surface area contributed by atoms with E-state index in [1.807, 2.05) is 13.1 Å². The van der Waals surface area contributed by atoms with Gasteiger partial charge in [0.25, 0.3) is 11.5 Å². The quantitative estimate of drug-likeness (QED) is 0.134. The molecule has 8 nitrogen and oxygen atoms in total. The first-order valence-electron chi connectivity index (χ1n) is 17.7. The zero-order chi connectivity index (χ0) is 41.7. The van der Waals surface area contributed by atoms with Crippen LogP contribution >= 0.6 is 0 Å². The molecular weight excluding hydrogens is 763 g/mol. The summed E-state index contributed by atoms with van der Waals surface area (Å²) in [5.41, 5.74) is -6.65. The van der Waals surface area contributed by atoms with E-state index in [9.17, 15) is 40.7 Å². The van der Waals surface area contributed by atoms with Crippen molar-refractivity contribution in [3.05, 3.63) is 103 Å². The average molecular weight is 811 g/mol. The lowest BCUT2D eigenvalue weighted by atomic mass is 10.0. The van der Waals surface area contributed by atoms with E-state index >= 15 is 0 Å². The third-order valence-electron chi connectivity index (χ3n) is 10.8. The van der Waals surface area contributed by atoms with Crippen LogP contribution in [0.1, 0.15) is 92.5 Å². The number of ether oxygens (including phenoxy) is 1. The molecule has 3 atom stereocenters. The highest BCUT2D eigenvalue weighted by Gasteiger charge is 2.47. The summed E-state index contributed by atoms with van der Waals surface area (Å²) in [6.07, 6.45) is -12.9. The molecule has 1 fully saturated rings. The fraction of sp³-hybridized carbons (Fsp3) is 0.513. The zero-order valence-corrected chi connectivity index (χ0v) is 34.9. The number of carbonyl (C=O) groups is 1. The van der Waals surface area contributed by atoms with Gasteiger partial charge in [-0.2, -0.15) is 30.9 Å². The van der Waals surface area contributed by atoms with Crippen LogP contribution in [-0.2, 0) is 25.9 Å². The van der Waals surface area contributed by atoms with E-state index in [-0.39, 0.29) is 46.0 Å². The highest BCUT2D eigenvalue weighted by Crippen LogP contribution is 2.43. The van der Waals surface area contributed by atoms with Crippen LogP contribution in [0.5, 0.6) is 0 Å². The van der Waals surface area contributed by atoms with Crippen LogP contribution in [0, 0.1) is 18.8 Å². The molecule has 1 aliphatic rings. The maximum Gasteiger partial charge on any atom is 0.416 e. The molecule has 0 unspecified atom stereocenters. The summed E-state index contributed by atoms with van der Waals surface area (Å²) in [5, 5.41) is -0.407. The molecule has 0 N–H and O–H groups in total. The van der Waals surface area contributed by atoms with Crippen molar-refractivity contribution in [1.29, 1.82) is 0 Å². The third kappa shape index (κ3) is 9.62. The monoisotopic (exact) mass is 810 g/mol. The molecule has 0 radical (unpaired) electrons. The van der Waals surface area contributed by atoms with Gasteiger partial charge in [0, 0.05) is 23.1 Å². The zero-order valence-electron chi connectivity index (χ0n) is 32.9. The lowest BCUT2D eigenvalue weighted by Gasteiger charge is -2.40. The molecule has 55 heavy (non-hydrogen) atoms. The standard InChI is InChI=1S/C39H48F6N2O6Si2/c1-24-29(18-17-25-19-27(38(40,41)42)21-28(20-25)39(43,44)45)46(35(50)47(33(24)48)34(49)26-15-13-12-14-16-26)32-22-30(53-55(10,11)37(5,6)7)31(52-32)23-51-54(8,9)36(2,3)4/h12-16,19-21,30-32H,22-23H2,1-11H3/t30-,31+,32+/m0/s1. The number of rotatable bonds is 7. The molecule has 0 spiro atoms. The Hall–Kier alpha value is -3.76. The molecule has 2 aromatic carbocycles. The van der Waals surface area contributed by atoms with E-state index < -0.39 is 81.3 Å². The normalized spacial score (nSPS) is 18.6. The number of hydrogen-bond acceptors (Lipinski definition) is 6. The molecule has 16 heteroatoms. The van der Waals surface area contributed by atoms with Crippen LogP contribution in [0.15, 0.2) is 58.1 Å². The molecular formula is C39H48F6N2O6Si2. The Kier molecular flexibility index (Phi) is 12.2. The minimum Gasteiger partial charge on any atom is -0.414 e. The molecule has 1 aliphatic heterocycles. The summed E-state index contributed by atoms with van der Waals surface area (Å²) in [6.45, 7) is 21.9. The highest BCUT2D eigenvalue weighted by atomic mass is 28.4.